The van der Waals surface area contributed by atoms with Gasteiger partial charge in [-0.25, -0.2) is 4.79 Å². The van der Waals surface area contributed by atoms with Crippen molar-refractivity contribution in [2.24, 2.45) is 0 Å². The number of carbonyl (C=O) groups is 2. The van der Waals surface area contributed by atoms with Crippen LogP contribution in [0.25, 0.3) is 0 Å². The third-order valence-electron chi connectivity index (χ3n) is 2.57. The lowest BCUT2D eigenvalue weighted by Gasteiger charge is -2.18. The van der Waals surface area contributed by atoms with Crippen LogP contribution < -0.4 is 5.32 Å². The number of carboxylic acids is 1. The fraction of sp³-hybridized carbons (Fsp3) is 0.333. The van der Waals surface area contributed by atoms with E-state index in [-0.39, 0.29) is 6.54 Å². The first kappa shape index (κ1) is 14.9. The van der Waals surface area contributed by atoms with E-state index in [1.54, 1.807) is 12.1 Å². The molecule has 5 nitrogen and oxygen atoms in total. The average molecular weight is 363 g/mol. The Bertz CT molecular complexity index is 485. The molecule has 98 valence electrons. The van der Waals surface area contributed by atoms with Gasteiger partial charge in [0.1, 0.15) is 0 Å². The Morgan fingerprint density at radius 2 is 2.06 bits per heavy atom. The molecule has 0 saturated heterocycles. The quantitative estimate of drug-likeness (QED) is 0.701. The second-order valence-corrected chi connectivity index (χ2v) is 5.34. The maximum atomic E-state index is 11.9. The molecule has 3 N–H and O–H groups in total. The number of amides is 1. The Labute approximate surface area is 118 Å². The summed E-state index contributed by atoms with van der Waals surface area (Å²) in [5, 5.41) is 20.6. The zero-order valence-corrected chi connectivity index (χ0v) is 12.2. The van der Waals surface area contributed by atoms with Gasteiger partial charge in [0.15, 0.2) is 5.60 Å². The second-order valence-electron chi connectivity index (χ2n) is 4.17. The van der Waals surface area contributed by atoms with E-state index in [4.69, 9.17) is 5.11 Å². The summed E-state index contributed by atoms with van der Waals surface area (Å²) in [6, 6.07) is 5.28. The first-order valence-electron chi connectivity index (χ1n) is 5.25. The van der Waals surface area contributed by atoms with Crippen LogP contribution in [-0.2, 0) is 4.79 Å². The molecule has 0 fully saturated rings. The standard InChI is InChI=1S/C12H14INO4/c1-7-8(4-3-5-9(7)13)10(15)14-6-12(2,18)11(16)17/h3-5,18H,6H2,1-2H3,(H,14,15)(H,16,17). The number of hydrogen-bond donors (Lipinski definition) is 3. The Kier molecular flexibility index (Phi) is 4.69. The van der Waals surface area contributed by atoms with Crippen molar-refractivity contribution in [3.05, 3.63) is 32.9 Å². The van der Waals surface area contributed by atoms with Gasteiger partial charge in [0, 0.05) is 9.13 Å². The van der Waals surface area contributed by atoms with E-state index in [0.29, 0.717) is 5.56 Å². The number of halogens is 1. The van der Waals surface area contributed by atoms with Gasteiger partial charge in [-0.2, -0.15) is 0 Å². The van der Waals surface area contributed by atoms with E-state index in [2.05, 4.69) is 27.9 Å². The molecule has 0 aliphatic rings. The molecule has 0 aromatic heterocycles. The molecule has 1 aromatic rings. The minimum atomic E-state index is -1.97. The van der Waals surface area contributed by atoms with Gasteiger partial charge >= 0.3 is 5.97 Å². The van der Waals surface area contributed by atoms with E-state index in [9.17, 15) is 14.7 Å². The van der Waals surface area contributed by atoms with E-state index >= 15 is 0 Å². The number of carboxylic acid groups (broad SMARTS) is 1. The smallest absolute Gasteiger partial charge is 0.337 e. The molecule has 0 heterocycles. The third-order valence-corrected chi connectivity index (χ3v) is 3.73. The Hall–Kier alpha value is -1.15. The summed E-state index contributed by atoms with van der Waals surface area (Å²) in [4.78, 5) is 22.6. The third kappa shape index (κ3) is 3.42. The second kappa shape index (κ2) is 5.66. The molecule has 1 atom stereocenters. The average Bonchev–Trinajstić information content (AvgIpc) is 2.29. The molecule has 1 aromatic carbocycles. The summed E-state index contributed by atoms with van der Waals surface area (Å²) in [6.45, 7) is 2.61. The molecule has 6 heteroatoms. The van der Waals surface area contributed by atoms with Gasteiger partial charge in [-0.3, -0.25) is 4.79 Å². The van der Waals surface area contributed by atoms with Crippen molar-refractivity contribution in [2.45, 2.75) is 19.4 Å². The van der Waals surface area contributed by atoms with Gasteiger partial charge in [-0.1, -0.05) is 6.07 Å². The van der Waals surface area contributed by atoms with Crippen LogP contribution in [0.2, 0.25) is 0 Å². The summed E-state index contributed by atoms with van der Waals surface area (Å²) < 4.78 is 0.949. The molecule has 0 aliphatic carbocycles. The van der Waals surface area contributed by atoms with Crippen molar-refractivity contribution >= 4 is 34.5 Å². The maximum Gasteiger partial charge on any atom is 0.337 e. The Balaban J connectivity index is 2.78. The number of hydrogen-bond acceptors (Lipinski definition) is 3. The molecular weight excluding hydrogens is 349 g/mol. The van der Waals surface area contributed by atoms with Crippen LogP contribution in [0.3, 0.4) is 0 Å². The van der Waals surface area contributed by atoms with Crippen LogP contribution in [-0.4, -0.2) is 34.2 Å². The monoisotopic (exact) mass is 363 g/mol. The fourth-order valence-corrected chi connectivity index (χ4v) is 1.77. The van der Waals surface area contributed by atoms with Crippen LogP contribution in [0, 0.1) is 10.5 Å². The maximum absolute atomic E-state index is 11.9. The van der Waals surface area contributed by atoms with Crippen molar-refractivity contribution in [1.82, 2.24) is 5.32 Å². The molecule has 18 heavy (non-hydrogen) atoms. The molecular formula is C12H14INO4. The van der Waals surface area contributed by atoms with Crippen LogP contribution in [0.1, 0.15) is 22.8 Å². The SMILES string of the molecule is Cc1c(I)cccc1C(=O)NCC(C)(O)C(=O)O. The van der Waals surface area contributed by atoms with Crippen LogP contribution in [0.15, 0.2) is 18.2 Å². The van der Waals surface area contributed by atoms with Gasteiger partial charge in [0.25, 0.3) is 5.91 Å². The molecule has 1 rings (SSSR count). The largest absolute Gasteiger partial charge is 0.479 e. The van der Waals surface area contributed by atoms with E-state index in [1.165, 1.54) is 0 Å². The predicted molar refractivity (Wildman–Crippen MR) is 74.5 cm³/mol. The van der Waals surface area contributed by atoms with Crippen molar-refractivity contribution in [2.75, 3.05) is 6.54 Å². The van der Waals surface area contributed by atoms with Crippen molar-refractivity contribution < 1.29 is 19.8 Å². The highest BCUT2D eigenvalue weighted by Gasteiger charge is 2.30. The molecule has 0 radical (unpaired) electrons. The lowest BCUT2D eigenvalue weighted by Crippen LogP contribution is -2.46. The van der Waals surface area contributed by atoms with Crippen molar-refractivity contribution in [1.29, 1.82) is 0 Å². The van der Waals surface area contributed by atoms with Gasteiger partial charge < -0.3 is 15.5 Å². The highest BCUT2D eigenvalue weighted by molar-refractivity contribution is 14.1. The summed E-state index contributed by atoms with van der Waals surface area (Å²) in [7, 11) is 0. The number of nitrogens with one attached hydrogen (secondary N) is 1. The van der Waals surface area contributed by atoms with Crippen LogP contribution >= 0.6 is 22.6 Å². The molecule has 0 saturated carbocycles. The van der Waals surface area contributed by atoms with Gasteiger partial charge in [0.05, 0.1) is 6.54 Å². The molecule has 0 spiro atoms. The first-order valence-corrected chi connectivity index (χ1v) is 6.32. The van der Waals surface area contributed by atoms with Gasteiger partial charge in [0.2, 0.25) is 0 Å². The zero-order chi connectivity index (χ0) is 13.9. The fourth-order valence-electron chi connectivity index (χ4n) is 1.28. The number of aliphatic carboxylic acids is 1. The molecule has 0 bridgehead atoms. The van der Waals surface area contributed by atoms with Gasteiger partial charge in [-0.15, -0.1) is 0 Å². The number of aliphatic hydroxyl groups is 1. The number of carbonyl (C=O) groups excluding carboxylic acids is 1. The lowest BCUT2D eigenvalue weighted by molar-refractivity contribution is -0.155. The summed E-state index contributed by atoms with van der Waals surface area (Å²) in [5.41, 5.74) is -0.667. The van der Waals surface area contributed by atoms with E-state index < -0.39 is 17.5 Å². The predicted octanol–water partition coefficient (Wildman–Crippen LogP) is 1.17. The summed E-state index contributed by atoms with van der Waals surface area (Å²) >= 11 is 2.12. The minimum absolute atomic E-state index is 0.341. The molecule has 1 unspecified atom stereocenters. The number of benzene rings is 1. The topological polar surface area (TPSA) is 86.6 Å². The first-order chi connectivity index (χ1) is 8.25. The lowest BCUT2D eigenvalue weighted by atomic mass is 10.1. The summed E-state index contributed by atoms with van der Waals surface area (Å²) in [6.07, 6.45) is 0. The zero-order valence-electron chi connectivity index (χ0n) is 10.0. The summed E-state index contributed by atoms with van der Waals surface area (Å²) in [5.74, 6) is -1.77. The number of rotatable bonds is 4. The van der Waals surface area contributed by atoms with Gasteiger partial charge in [-0.05, 0) is 54.1 Å². The van der Waals surface area contributed by atoms with Crippen LogP contribution in [0.4, 0.5) is 0 Å². The van der Waals surface area contributed by atoms with E-state index in [0.717, 1.165) is 16.1 Å². The highest BCUT2D eigenvalue weighted by atomic mass is 127. The highest BCUT2D eigenvalue weighted by Crippen LogP contribution is 2.15. The van der Waals surface area contributed by atoms with E-state index in [1.807, 2.05) is 13.0 Å². The molecule has 0 aliphatic heterocycles. The van der Waals surface area contributed by atoms with Crippen molar-refractivity contribution in [3.63, 3.8) is 0 Å². The Morgan fingerprint density at radius 3 is 2.61 bits per heavy atom. The van der Waals surface area contributed by atoms with Crippen molar-refractivity contribution in [3.8, 4) is 0 Å². The normalized spacial score (nSPS) is 13.8. The van der Waals surface area contributed by atoms with Crippen LogP contribution in [0.5, 0.6) is 0 Å². The minimum Gasteiger partial charge on any atom is -0.479 e. The Morgan fingerprint density at radius 1 is 1.44 bits per heavy atom. The molecule has 1 amide bonds.